The van der Waals surface area contributed by atoms with Crippen molar-refractivity contribution in [2.45, 2.75) is 32.3 Å². The summed E-state index contributed by atoms with van der Waals surface area (Å²) in [5.41, 5.74) is 0. The molecule has 0 aromatic carbocycles. The summed E-state index contributed by atoms with van der Waals surface area (Å²) in [6, 6.07) is 0. The topological polar surface area (TPSA) is 88.1 Å². The number of esters is 2. The summed E-state index contributed by atoms with van der Waals surface area (Å²) in [6.45, 7) is 2.45. The number of carbonyl (C=O) groups excluding carboxylic acids is 3. The maximum absolute atomic E-state index is 11.5. The van der Waals surface area contributed by atoms with E-state index >= 15 is 0 Å². The first-order valence-electron chi connectivity index (χ1n) is 5.64. The Bertz CT molecular complexity index is 388. The maximum Gasteiger partial charge on any atom is 0.339 e. The Hall–Kier alpha value is -1.73. The van der Waals surface area contributed by atoms with E-state index < -0.39 is 30.4 Å². The third-order valence-electron chi connectivity index (χ3n) is 2.22. The summed E-state index contributed by atoms with van der Waals surface area (Å²) in [5.74, 6) is -1.41. The van der Waals surface area contributed by atoms with Crippen LogP contribution in [0.3, 0.4) is 0 Å². The highest BCUT2D eigenvalue weighted by molar-refractivity contribution is 5.77. The van der Waals surface area contributed by atoms with Gasteiger partial charge in [-0.25, -0.2) is 4.79 Å². The molecule has 106 valence electrons. The van der Waals surface area contributed by atoms with Crippen molar-refractivity contribution in [1.82, 2.24) is 0 Å². The van der Waals surface area contributed by atoms with E-state index in [0.717, 1.165) is 0 Å². The molecule has 0 saturated heterocycles. The lowest BCUT2D eigenvalue weighted by molar-refractivity contribution is -0.200. The van der Waals surface area contributed by atoms with E-state index in [4.69, 9.17) is 14.2 Å². The van der Waals surface area contributed by atoms with Gasteiger partial charge in [-0.05, 0) is 19.1 Å². The standard InChI is InChI=1S/C12H16O7/c1-7(13)6-17-10-5-4-9(18-8(2)14)11(19-10)12(15)16-3/h4-5,9-11H,6H2,1-3H3/t9-,10-,11-/m0/s1. The van der Waals surface area contributed by atoms with E-state index in [-0.39, 0.29) is 12.4 Å². The first-order valence-corrected chi connectivity index (χ1v) is 5.64. The second kappa shape index (κ2) is 7.01. The number of carbonyl (C=O) groups is 3. The molecule has 7 heteroatoms. The lowest BCUT2D eigenvalue weighted by Crippen LogP contribution is -2.44. The molecule has 0 N–H and O–H groups in total. The van der Waals surface area contributed by atoms with Gasteiger partial charge < -0.3 is 18.9 Å². The summed E-state index contributed by atoms with van der Waals surface area (Å²) in [4.78, 5) is 33.3. The van der Waals surface area contributed by atoms with Crippen LogP contribution in [0.1, 0.15) is 13.8 Å². The third kappa shape index (κ3) is 4.80. The molecule has 0 unspecified atom stereocenters. The summed E-state index contributed by atoms with van der Waals surface area (Å²) in [7, 11) is 1.19. The molecule has 0 saturated carbocycles. The molecule has 1 aliphatic rings. The fourth-order valence-corrected chi connectivity index (χ4v) is 1.46. The van der Waals surface area contributed by atoms with Crippen molar-refractivity contribution in [1.29, 1.82) is 0 Å². The maximum atomic E-state index is 11.5. The number of rotatable bonds is 5. The van der Waals surface area contributed by atoms with Gasteiger partial charge in [0, 0.05) is 6.92 Å². The fourth-order valence-electron chi connectivity index (χ4n) is 1.46. The van der Waals surface area contributed by atoms with Gasteiger partial charge in [0.2, 0.25) is 0 Å². The zero-order valence-corrected chi connectivity index (χ0v) is 11.0. The van der Waals surface area contributed by atoms with Crippen molar-refractivity contribution in [3.8, 4) is 0 Å². The van der Waals surface area contributed by atoms with Crippen LogP contribution >= 0.6 is 0 Å². The molecule has 1 rings (SSSR count). The van der Waals surface area contributed by atoms with Crippen molar-refractivity contribution in [2.24, 2.45) is 0 Å². The van der Waals surface area contributed by atoms with Crippen LogP contribution < -0.4 is 0 Å². The van der Waals surface area contributed by atoms with Gasteiger partial charge in [0.1, 0.15) is 6.61 Å². The summed E-state index contributed by atoms with van der Waals surface area (Å²) < 4.78 is 19.9. The van der Waals surface area contributed by atoms with Gasteiger partial charge in [0.05, 0.1) is 7.11 Å². The van der Waals surface area contributed by atoms with Gasteiger partial charge in [-0.15, -0.1) is 0 Å². The Morgan fingerprint density at radius 3 is 2.42 bits per heavy atom. The lowest BCUT2D eigenvalue weighted by atomic mass is 10.1. The van der Waals surface area contributed by atoms with Crippen LogP contribution in [-0.2, 0) is 33.3 Å². The predicted octanol–water partition coefficient (Wildman–Crippen LogP) is -0.0222. The predicted molar refractivity (Wildman–Crippen MR) is 62.0 cm³/mol. The number of hydrogen-bond donors (Lipinski definition) is 0. The molecule has 0 bridgehead atoms. The number of hydrogen-bond acceptors (Lipinski definition) is 7. The molecule has 0 amide bonds. The van der Waals surface area contributed by atoms with E-state index in [1.807, 2.05) is 0 Å². The van der Waals surface area contributed by atoms with Crippen LogP contribution in [0.15, 0.2) is 12.2 Å². The van der Waals surface area contributed by atoms with Crippen LogP contribution in [-0.4, -0.2) is 49.9 Å². The van der Waals surface area contributed by atoms with Gasteiger partial charge in [-0.2, -0.15) is 0 Å². The van der Waals surface area contributed by atoms with Gasteiger partial charge in [0.25, 0.3) is 0 Å². The third-order valence-corrected chi connectivity index (χ3v) is 2.22. The minimum absolute atomic E-state index is 0.138. The van der Waals surface area contributed by atoms with Crippen molar-refractivity contribution >= 4 is 17.7 Å². The van der Waals surface area contributed by atoms with Crippen LogP contribution in [0.25, 0.3) is 0 Å². The Morgan fingerprint density at radius 2 is 1.89 bits per heavy atom. The van der Waals surface area contributed by atoms with E-state index in [1.165, 1.54) is 33.1 Å². The molecule has 0 aliphatic carbocycles. The molecule has 0 spiro atoms. The smallest absolute Gasteiger partial charge is 0.339 e. The molecule has 0 fully saturated rings. The van der Waals surface area contributed by atoms with E-state index in [1.54, 1.807) is 0 Å². The highest BCUT2D eigenvalue weighted by Gasteiger charge is 2.36. The monoisotopic (exact) mass is 272 g/mol. The number of methoxy groups -OCH3 is 1. The Kier molecular flexibility index (Phi) is 5.65. The minimum Gasteiger partial charge on any atom is -0.467 e. The van der Waals surface area contributed by atoms with Crippen molar-refractivity contribution in [2.75, 3.05) is 13.7 Å². The highest BCUT2D eigenvalue weighted by Crippen LogP contribution is 2.18. The quantitative estimate of drug-likeness (QED) is 0.513. The van der Waals surface area contributed by atoms with E-state index in [9.17, 15) is 14.4 Å². The van der Waals surface area contributed by atoms with Gasteiger partial charge in [-0.1, -0.05) is 0 Å². The lowest BCUT2D eigenvalue weighted by Gasteiger charge is -2.29. The molecular formula is C12H16O7. The minimum atomic E-state index is -1.11. The second-order valence-electron chi connectivity index (χ2n) is 3.92. The SMILES string of the molecule is COC(=O)[C@H]1O[C@H](OCC(C)=O)C=C[C@@H]1OC(C)=O. The van der Waals surface area contributed by atoms with Gasteiger partial charge >= 0.3 is 11.9 Å². The summed E-state index contributed by atoms with van der Waals surface area (Å²) in [5, 5.41) is 0. The Morgan fingerprint density at radius 1 is 1.21 bits per heavy atom. The molecule has 1 aliphatic heterocycles. The van der Waals surface area contributed by atoms with Crippen LogP contribution in [0, 0.1) is 0 Å². The first kappa shape index (κ1) is 15.3. The van der Waals surface area contributed by atoms with Gasteiger partial charge in [-0.3, -0.25) is 9.59 Å². The fraction of sp³-hybridized carbons (Fsp3) is 0.583. The molecule has 0 radical (unpaired) electrons. The number of Topliss-reactive ketones (excluding diaryl/α,β-unsaturated/α-hetero) is 1. The Labute approximate surface area is 110 Å². The highest BCUT2D eigenvalue weighted by atomic mass is 16.7. The molecule has 0 aromatic rings. The number of ketones is 1. The average Bonchev–Trinajstić information content (AvgIpc) is 2.35. The second-order valence-corrected chi connectivity index (χ2v) is 3.92. The zero-order chi connectivity index (χ0) is 14.4. The van der Waals surface area contributed by atoms with Crippen LogP contribution in [0.2, 0.25) is 0 Å². The summed E-state index contributed by atoms with van der Waals surface area (Å²) >= 11 is 0. The van der Waals surface area contributed by atoms with Crippen molar-refractivity contribution in [3.05, 3.63) is 12.2 Å². The Balaban J connectivity index is 2.72. The molecular weight excluding hydrogens is 256 g/mol. The molecule has 19 heavy (non-hydrogen) atoms. The van der Waals surface area contributed by atoms with Crippen LogP contribution in [0.5, 0.6) is 0 Å². The molecule has 0 aromatic heterocycles. The average molecular weight is 272 g/mol. The normalized spacial score (nSPS) is 25.7. The van der Waals surface area contributed by atoms with Gasteiger partial charge in [0.15, 0.2) is 24.3 Å². The summed E-state index contributed by atoms with van der Waals surface area (Å²) in [6.07, 6.45) is 0.0885. The van der Waals surface area contributed by atoms with Crippen molar-refractivity contribution < 1.29 is 33.3 Å². The molecule has 3 atom stereocenters. The number of ether oxygens (including phenoxy) is 4. The zero-order valence-electron chi connectivity index (χ0n) is 11.0. The van der Waals surface area contributed by atoms with Crippen molar-refractivity contribution in [3.63, 3.8) is 0 Å². The van der Waals surface area contributed by atoms with E-state index in [2.05, 4.69) is 4.74 Å². The first-order chi connectivity index (χ1) is 8.93. The van der Waals surface area contributed by atoms with E-state index in [0.29, 0.717) is 0 Å². The van der Waals surface area contributed by atoms with Crippen LogP contribution in [0.4, 0.5) is 0 Å². The molecule has 1 heterocycles. The largest absolute Gasteiger partial charge is 0.467 e. The molecule has 7 nitrogen and oxygen atoms in total.